The summed E-state index contributed by atoms with van der Waals surface area (Å²) in [4.78, 5) is 36.8. The van der Waals surface area contributed by atoms with E-state index in [1.54, 1.807) is 12.1 Å². The molecule has 0 radical (unpaired) electrons. The Hall–Kier alpha value is -3.64. The number of alkyl halides is 3. The number of nitro groups is 1. The quantitative estimate of drug-likeness (QED) is 0.172. The third-order valence-corrected chi connectivity index (χ3v) is 6.54. The van der Waals surface area contributed by atoms with E-state index in [0.717, 1.165) is 28.3 Å². The van der Waals surface area contributed by atoms with E-state index in [4.69, 9.17) is 4.74 Å². The minimum absolute atomic E-state index is 0.104. The molecule has 0 aliphatic carbocycles. The molecule has 1 saturated heterocycles. The summed E-state index contributed by atoms with van der Waals surface area (Å²) in [6, 6.07) is 15.6. The number of hydrogen-bond acceptors (Lipinski definition) is 6. The van der Waals surface area contributed by atoms with Gasteiger partial charge in [-0.3, -0.25) is 24.6 Å². The zero-order valence-corrected chi connectivity index (χ0v) is 20.4. The predicted octanol–water partition coefficient (Wildman–Crippen LogP) is 7.40. The van der Waals surface area contributed by atoms with Gasteiger partial charge in [0.2, 0.25) is 5.75 Å². The first-order chi connectivity index (χ1) is 17.0. The first-order valence-corrected chi connectivity index (χ1v) is 11.8. The van der Waals surface area contributed by atoms with Crippen LogP contribution in [0.5, 0.6) is 11.5 Å². The van der Waals surface area contributed by atoms with Gasteiger partial charge in [-0.2, -0.15) is 13.2 Å². The smallest absolute Gasteiger partial charge is 0.416 e. The van der Waals surface area contributed by atoms with Crippen LogP contribution in [-0.4, -0.2) is 21.0 Å². The molecule has 1 aliphatic heterocycles. The second-order valence-corrected chi connectivity index (χ2v) is 9.33. The van der Waals surface area contributed by atoms with Crippen LogP contribution in [0.4, 0.5) is 23.7 Å². The van der Waals surface area contributed by atoms with Gasteiger partial charge in [-0.25, -0.2) is 0 Å². The van der Waals surface area contributed by atoms with Crippen molar-refractivity contribution in [3.05, 3.63) is 103 Å². The van der Waals surface area contributed by atoms with Crippen LogP contribution >= 0.6 is 27.7 Å². The summed E-state index contributed by atoms with van der Waals surface area (Å²) in [5, 5.41) is 10.9. The first kappa shape index (κ1) is 25.5. The van der Waals surface area contributed by atoms with Crippen LogP contribution in [0.25, 0.3) is 6.08 Å². The molecular weight excluding hydrogens is 565 g/mol. The summed E-state index contributed by atoms with van der Waals surface area (Å²) in [6.07, 6.45) is -3.22. The second-order valence-electron chi connectivity index (χ2n) is 7.48. The number of carbonyl (C=O) groups excluding carboxylic acids is 2. The Morgan fingerprint density at radius 3 is 2.36 bits per heavy atom. The van der Waals surface area contributed by atoms with Gasteiger partial charge in [0.25, 0.3) is 11.1 Å². The molecule has 184 valence electrons. The van der Waals surface area contributed by atoms with Crippen molar-refractivity contribution in [2.24, 2.45) is 0 Å². The van der Waals surface area contributed by atoms with E-state index in [-0.39, 0.29) is 22.9 Å². The van der Waals surface area contributed by atoms with Gasteiger partial charge in [0.15, 0.2) is 0 Å². The molecule has 1 heterocycles. The lowest BCUT2D eigenvalue weighted by molar-refractivity contribution is -0.385. The van der Waals surface area contributed by atoms with E-state index < -0.39 is 33.5 Å². The van der Waals surface area contributed by atoms with Crippen LogP contribution in [0.3, 0.4) is 0 Å². The second kappa shape index (κ2) is 10.2. The fourth-order valence-corrected chi connectivity index (χ4v) is 4.60. The average molecular weight is 579 g/mol. The summed E-state index contributed by atoms with van der Waals surface area (Å²) in [6.45, 7) is 0.144. The number of thioether (sulfide) groups is 1. The van der Waals surface area contributed by atoms with E-state index in [1.165, 1.54) is 12.1 Å². The normalized spacial score (nSPS) is 15.0. The maximum Gasteiger partial charge on any atom is 0.416 e. The van der Waals surface area contributed by atoms with Crippen molar-refractivity contribution in [2.45, 2.75) is 12.7 Å². The molecule has 0 bridgehead atoms. The monoisotopic (exact) mass is 578 g/mol. The van der Waals surface area contributed by atoms with Crippen molar-refractivity contribution in [3.63, 3.8) is 0 Å². The van der Waals surface area contributed by atoms with Gasteiger partial charge in [-0.15, -0.1) is 0 Å². The van der Waals surface area contributed by atoms with E-state index in [1.807, 2.05) is 30.3 Å². The van der Waals surface area contributed by atoms with Crippen LogP contribution in [0.15, 0.2) is 76.1 Å². The number of halogens is 4. The fraction of sp³-hybridized carbons (Fsp3) is 0.0833. The van der Waals surface area contributed by atoms with Crippen molar-refractivity contribution < 1.29 is 32.4 Å². The van der Waals surface area contributed by atoms with E-state index in [9.17, 15) is 32.9 Å². The summed E-state index contributed by atoms with van der Waals surface area (Å²) >= 11 is 4.07. The topological polar surface area (TPSA) is 89.7 Å². The first-order valence-electron chi connectivity index (χ1n) is 10.2. The molecule has 3 aromatic rings. The molecule has 1 aliphatic rings. The molecule has 3 aromatic carbocycles. The maximum absolute atomic E-state index is 12.9. The maximum atomic E-state index is 12.9. The number of hydrogen-bond donors (Lipinski definition) is 0. The summed E-state index contributed by atoms with van der Waals surface area (Å²) < 4.78 is 44.6. The van der Waals surface area contributed by atoms with Gasteiger partial charge in [-0.1, -0.05) is 36.4 Å². The number of rotatable bonds is 6. The Labute approximate surface area is 214 Å². The minimum atomic E-state index is -4.74. The number of imide groups is 1. The molecular formula is C24H14BrF3N2O5S. The lowest BCUT2D eigenvalue weighted by Crippen LogP contribution is -2.27. The number of ether oxygens (including phenoxy) is 1. The standard InChI is InChI=1S/C24H14BrF3N2O5S/c25-17-10-15(11-21-22(31)29(23(32)36-21)13-14-4-2-1-3-5-14)6-8-19(17)35-20-9-7-16(24(26,27)28)12-18(20)30(33)34/h1-12H,13H2/b21-11-. The van der Waals surface area contributed by atoms with E-state index >= 15 is 0 Å². The molecule has 4 rings (SSSR count). The Morgan fingerprint density at radius 2 is 1.72 bits per heavy atom. The molecule has 2 amide bonds. The van der Waals surface area contributed by atoms with Gasteiger partial charge in [0, 0.05) is 6.07 Å². The highest BCUT2D eigenvalue weighted by atomic mass is 79.9. The van der Waals surface area contributed by atoms with Crippen molar-refractivity contribution in [1.29, 1.82) is 0 Å². The fourth-order valence-electron chi connectivity index (χ4n) is 3.28. The molecule has 0 saturated carbocycles. The Balaban J connectivity index is 1.54. The van der Waals surface area contributed by atoms with Gasteiger partial charge in [0.1, 0.15) is 5.75 Å². The molecule has 7 nitrogen and oxygen atoms in total. The average Bonchev–Trinajstić information content (AvgIpc) is 3.08. The predicted molar refractivity (Wildman–Crippen MR) is 130 cm³/mol. The van der Waals surface area contributed by atoms with E-state index in [2.05, 4.69) is 15.9 Å². The van der Waals surface area contributed by atoms with E-state index in [0.29, 0.717) is 22.2 Å². The number of amides is 2. The third-order valence-electron chi connectivity index (χ3n) is 5.01. The van der Waals surface area contributed by atoms with Crippen molar-refractivity contribution >= 4 is 50.6 Å². The van der Waals surface area contributed by atoms with Gasteiger partial charge in [-0.05, 0) is 69.2 Å². The highest BCUT2D eigenvalue weighted by Gasteiger charge is 2.35. The van der Waals surface area contributed by atoms with Crippen LogP contribution < -0.4 is 4.74 Å². The molecule has 0 spiro atoms. The van der Waals surface area contributed by atoms with Crippen LogP contribution in [0.1, 0.15) is 16.7 Å². The molecule has 12 heteroatoms. The Kier molecular flexibility index (Phi) is 7.18. The Bertz CT molecular complexity index is 1400. The van der Waals surface area contributed by atoms with Gasteiger partial charge < -0.3 is 4.74 Å². The van der Waals surface area contributed by atoms with Crippen molar-refractivity contribution in [1.82, 2.24) is 4.90 Å². The van der Waals surface area contributed by atoms with Gasteiger partial charge >= 0.3 is 11.9 Å². The molecule has 1 fully saturated rings. The largest absolute Gasteiger partial charge is 0.449 e. The lowest BCUT2D eigenvalue weighted by atomic mass is 10.1. The Morgan fingerprint density at radius 1 is 1.03 bits per heavy atom. The SMILES string of the molecule is O=C1S/C(=C\c2ccc(Oc3ccc(C(F)(F)F)cc3[N+](=O)[O-])c(Br)c2)C(=O)N1Cc1ccccc1. The number of nitrogens with zero attached hydrogens (tertiary/aromatic N) is 2. The molecule has 0 atom stereocenters. The number of nitro benzene ring substituents is 1. The zero-order chi connectivity index (χ0) is 26.0. The summed E-state index contributed by atoms with van der Waals surface area (Å²) in [5.74, 6) is -0.707. The summed E-state index contributed by atoms with van der Waals surface area (Å²) in [5.41, 5.74) is -0.672. The van der Waals surface area contributed by atoms with Gasteiger partial charge in [0.05, 0.1) is 26.4 Å². The molecule has 36 heavy (non-hydrogen) atoms. The van der Waals surface area contributed by atoms with Crippen molar-refractivity contribution in [3.8, 4) is 11.5 Å². The minimum Gasteiger partial charge on any atom is -0.449 e. The summed E-state index contributed by atoms with van der Waals surface area (Å²) in [7, 11) is 0. The van der Waals surface area contributed by atoms with Crippen LogP contribution in [0, 0.1) is 10.1 Å². The van der Waals surface area contributed by atoms with Crippen LogP contribution in [-0.2, 0) is 17.5 Å². The van der Waals surface area contributed by atoms with Crippen molar-refractivity contribution in [2.75, 3.05) is 0 Å². The third kappa shape index (κ3) is 5.60. The van der Waals surface area contributed by atoms with Crippen LogP contribution in [0.2, 0.25) is 0 Å². The molecule has 0 unspecified atom stereocenters. The molecule has 0 N–H and O–H groups in total. The molecule has 0 aromatic heterocycles. The highest BCUT2D eigenvalue weighted by molar-refractivity contribution is 9.10. The lowest BCUT2D eigenvalue weighted by Gasteiger charge is -2.12. The number of benzene rings is 3. The highest BCUT2D eigenvalue weighted by Crippen LogP contribution is 2.40. The zero-order valence-electron chi connectivity index (χ0n) is 18.0. The number of carbonyl (C=O) groups is 2.